The Morgan fingerprint density at radius 1 is 1.29 bits per heavy atom. The molecule has 0 unspecified atom stereocenters. The lowest BCUT2D eigenvalue weighted by Crippen LogP contribution is -2.46. The fraction of sp³-hybridized carbons (Fsp3) is 0.467. The molecule has 6 heteroatoms. The van der Waals surface area contributed by atoms with Crippen molar-refractivity contribution in [1.82, 2.24) is 10.2 Å². The van der Waals surface area contributed by atoms with Crippen LogP contribution in [-0.2, 0) is 9.59 Å². The van der Waals surface area contributed by atoms with E-state index in [4.69, 9.17) is 0 Å². The summed E-state index contributed by atoms with van der Waals surface area (Å²) in [5, 5.41) is 2.99. The predicted octanol–water partition coefficient (Wildman–Crippen LogP) is 2.04. The molecular weight excluding hydrogens is 291 g/mol. The first-order chi connectivity index (χ1) is 10.0. The lowest BCUT2D eigenvalue weighted by molar-refractivity contribution is -0.130. The van der Waals surface area contributed by atoms with Gasteiger partial charge in [0.2, 0.25) is 11.8 Å². The average Bonchev–Trinajstić information content (AvgIpc) is 2.47. The molecule has 4 nitrogen and oxygen atoms in total. The van der Waals surface area contributed by atoms with E-state index in [2.05, 4.69) is 5.32 Å². The molecule has 0 aliphatic carbocycles. The van der Waals surface area contributed by atoms with Crippen LogP contribution in [0.2, 0.25) is 0 Å². The number of thioether (sulfide) groups is 1. The van der Waals surface area contributed by atoms with Gasteiger partial charge in [-0.2, -0.15) is 0 Å². The van der Waals surface area contributed by atoms with Crippen LogP contribution in [0.25, 0.3) is 0 Å². The highest BCUT2D eigenvalue weighted by Gasteiger charge is 2.21. The van der Waals surface area contributed by atoms with E-state index < -0.39 is 0 Å². The van der Waals surface area contributed by atoms with Gasteiger partial charge < -0.3 is 10.2 Å². The molecule has 21 heavy (non-hydrogen) atoms. The Morgan fingerprint density at radius 2 is 1.90 bits per heavy atom. The molecule has 2 amide bonds. The molecule has 114 valence electrons. The maximum absolute atomic E-state index is 12.8. The van der Waals surface area contributed by atoms with E-state index >= 15 is 0 Å². The quantitative estimate of drug-likeness (QED) is 0.866. The number of hydrogen-bond acceptors (Lipinski definition) is 3. The predicted molar refractivity (Wildman–Crippen MR) is 80.5 cm³/mol. The van der Waals surface area contributed by atoms with Gasteiger partial charge >= 0.3 is 0 Å². The van der Waals surface area contributed by atoms with Crippen molar-refractivity contribution in [2.45, 2.75) is 30.7 Å². The number of hydrogen-bond donors (Lipinski definition) is 1. The zero-order chi connectivity index (χ0) is 15.2. The highest BCUT2D eigenvalue weighted by molar-refractivity contribution is 8.00. The van der Waals surface area contributed by atoms with Gasteiger partial charge in [-0.3, -0.25) is 9.59 Å². The van der Waals surface area contributed by atoms with Gasteiger partial charge in [0.25, 0.3) is 0 Å². The van der Waals surface area contributed by atoms with Crippen LogP contribution in [0.5, 0.6) is 0 Å². The molecule has 0 spiro atoms. The van der Waals surface area contributed by atoms with Crippen LogP contribution in [0, 0.1) is 5.82 Å². The normalized spacial score (nSPS) is 15.8. The third-order valence-corrected chi connectivity index (χ3v) is 4.50. The number of carbonyl (C=O) groups is 2. The van der Waals surface area contributed by atoms with Gasteiger partial charge in [0, 0.05) is 31.0 Å². The maximum atomic E-state index is 12.8. The molecule has 1 fully saturated rings. The van der Waals surface area contributed by atoms with Crippen molar-refractivity contribution >= 4 is 23.6 Å². The fourth-order valence-electron chi connectivity index (χ4n) is 2.29. The number of piperidine rings is 1. The van der Waals surface area contributed by atoms with E-state index in [0.717, 1.165) is 17.7 Å². The van der Waals surface area contributed by atoms with Gasteiger partial charge in [0.05, 0.1) is 5.75 Å². The first-order valence-corrected chi connectivity index (χ1v) is 7.96. The second kappa shape index (κ2) is 7.45. The van der Waals surface area contributed by atoms with Crippen molar-refractivity contribution in [2.24, 2.45) is 0 Å². The highest BCUT2D eigenvalue weighted by atomic mass is 32.2. The number of nitrogens with zero attached hydrogens (tertiary/aromatic N) is 1. The molecule has 2 rings (SSSR count). The van der Waals surface area contributed by atoms with Crippen LogP contribution >= 0.6 is 11.8 Å². The number of amides is 2. The molecule has 1 aromatic rings. The van der Waals surface area contributed by atoms with Crippen LogP contribution in [0.1, 0.15) is 19.8 Å². The van der Waals surface area contributed by atoms with E-state index in [9.17, 15) is 14.0 Å². The van der Waals surface area contributed by atoms with Gasteiger partial charge in [-0.25, -0.2) is 4.39 Å². The smallest absolute Gasteiger partial charge is 0.230 e. The third-order valence-electron chi connectivity index (χ3n) is 3.49. The monoisotopic (exact) mass is 310 g/mol. The van der Waals surface area contributed by atoms with E-state index in [1.807, 2.05) is 0 Å². The fourth-order valence-corrected chi connectivity index (χ4v) is 3.00. The minimum absolute atomic E-state index is 0.0226. The summed E-state index contributed by atoms with van der Waals surface area (Å²) in [4.78, 5) is 25.8. The number of likely N-dealkylation sites (tertiary alicyclic amines) is 1. The van der Waals surface area contributed by atoms with Gasteiger partial charge in [0.1, 0.15) is 5.82 Å². The van der Waals surface area contributed by atoms with Crippen LogP contribution in [-0.4, -0.2) is 41.6 Å². The molecule has 0 bridgehead atoms. The van der Waals surface area contributed by atoms with Crippen LogP contribution in [0.3, 0.4) is 0 Å². The van der Waals surface area contributed by atoms with Crippen molar-refractivity contribution in [1.29, 1.82) is 0 Å². The van der Waals surface area contributed by atoms with Gasteiger partial charge in [-0.1, -0.05) is 0 Å². The number of benzene rings is 1. The summed E-state index contributed by atoms with van der Waals surface area (Å²) in [5.74, 6) is 0.108. The summed E-state index contributed by atoms with van der Waals surface area (Å²) in [5.41, 5.74) is 0. The number of rotatable bonds is 4. The van der Waals surface area contributed by atoms with E-state index in [1.165, 1.54) is 23.9 Å². The summed E-state index contributed by atoms with van der Waals surface area (Å²) >= 11 is 1.39. The van der Waals surface area contributed by atoms with Crippen LogP contribution < -0.4 is 5.32 Å². The molecule has 1 aromatic carbocycles. The molecule has 1 heterocycles. The summed E-state index contributed by atoms with van der Waals surface area (Å²) < 4.78 is 12.8. The topological polar surface area (TPSA) is 49.4 Å². The summed E-state index contributed by atoms with van der Waals surface area (Å²) in [6.45, 7) is 2.97. The van der Waals surface area contributed by atoms with Crippen molar-refractivity contribution in [3.05, 3.63) is 30.1 Å². The van der Waals surface area contributed by atoms with Gasteiger partial charge in [-0.05, 0) is 37.1 Å². The molecule has 1 saturated heterocycles. The van der Waals surface area contributed by atoms with Crippen molar-refractivity contribution in [3.63, 3.8) is 0 Å². The molecule has 1 N–H and O–H groups in total. The summed E-state index contributed by atoms with van der Waals surface area (Å²) in [6.07, 6.45) is 1.60. The number of carbonyl (C=O) groups excluding carboxylic acids is 2. The molecular formula is C15H19FN2O2S. The largest absolute Gasteiger partial charge is 0.353 e. The van der Waals surface area contributed by atoms with Gasteiger partial charge in [-0.15, -0.1) is 11.8 Å². The summed E-state index contributed by atoms with van der Waals surface area (Å²) in [7, 11) is 0. The Kier molecular flexibility index (Phi) is 5.61. The lowest BCUT2D eigenvalue weighted by Gasteiger charge is -2.31. The van der Waals surface area contributed by atoms with E-state index in [1.54, 1.807) is 24.0 Å². The van der Waals surface area contributed by atoms with Crippen molar-refractivity contribution in [3.8, 4) is 0 Å². The van der Waals surface area contributed by atoms with Crippen molar-refractivity contribution in [2.75, 3.05) is 18.8 Å². The highest BCUT2D eigenvalue weighted by Crippen LogP contribution is 2.18. The summed E-state index contributed by atoms with van der Waals surface area (Å²) in [6, 6.07) is 6.24. The molecule has 1 aliphatic rings. The first-order valence-electron chi connectivity index (χ1n) is 6.98. The second-order valence-corrected chi connectivity index (χ2v) is 6.14. The molecule has 0 radical (unpaired) electrons. The third kappa shape index (κ3) is 5.04. The molecule has 0 aromatic heterocycles. The van der Waals surface area contributed by atoms with Crippen LogP contribution in [0.4, 0.5) is 4.39 Å². The SMILES string of the molecule is CC(=O)N1CCC(NC(=O)CSc2ccc(F)cc2)CC1. The van der Waals surface area contributed by atoms with Crippen LogP contribution in [0.15, 0.2) is 29.2 Å². The average molecular weight is 310 g/mol. The Morgan fingerprint density at radius 3 is 2.48 bits per heavy atom. The standard InChI is InChI=1S/C15H19FN2O2S/c1-11(19)18-8-6-13(7-9-18)17-15(20)10-21-14-4-2-12(16)3-5-14/h2-5,13H,6-10H2,1H3,(H,17,20). The Balaban J connectivity index is 1.70. The Hall–Kier alpha value is -1.56. The lowest BCUT2D eigenvalue weighted by atomic mass is 10.1. The van der Waals surface area contributed by atoms with E-state index in [0.29, 0.717) is 18.8 Å². The minimum Gasteiger partial charge on any atom is -0.353 e. The zero-order valence-electron chi connectivity index (χ0n) is 12.0. The first kappa shape index (κ1) is 15.8. The molecule has 1 aliphatic heterocycles. The molecule has 0 saturated carbocycles. The molecule has 0 atom stereocenters. The number of halogens is 1. The van der Waals surface area contributed by atoms with E-state index in [-0.39, 0.29) is 23.7 Å². The number of nitrogens with one attached hydrogen (secondary N) is 1. The second-order valence-electron chi connectivity index (χ2n) is 5.09. The Labute approximate surface area is 128 Å². The zero-order valence-corrected chi connectivity index (χ0v) is 12.8. The van der Waals surface area contributed by atoms with Crippen molar-refractivity contribution < 1.29 is 14.0 Å². The maximum Gasteiger partial charge on any atom is 0.230 e. The Bertz CT molecular complexity index is 499. The minimum atomic E-state index is -0.277. The van der Waals surface area contributed by atoms with Gasteiger partial charge in [0.15, 0.2) is 0 Å².